The van der Waals surface area contributed by atoms with Crippen LogP contribution in [0, 0.1) is 0 Å². The number of anilines is 1. The SMILES string of the molecule is CCCCCNC(=O)c1cc(N2CCN(CC)CC2)nc(-c2ccccc2)n1. The number of carbonyl (C=O) groups is 1. The molecular weight excluding hydrogens is 350 g/mol. The van der Waals surface area contributed by atoms with E-state index in [1.54, 1.807) is 0 Å². The van der Waals surface area contributed by atoms with Crippen LogP contribution in [0.25, 0.3) is 11.4 Å². The van der Waals surface area contributed by atoms with Crippen molar-refractivity contribution >= 4 is 11.7 Å². The predicted molar refractivity (Wildman–Crippen MR) is 114 cm³/mol. The number of likely N-dealkylation sites (N-methyl/N-ethyl adjacent to an activating group) is 1. The first kappa shape index (κ1) is 20.3. The average molecular weight is 382 g/mol. The molecule has 1 aliphatic rings. The first-order valence-corrected chi connectivity index (χ1v) is 10.4. The molecule has 0 radical (unpaired) electrons. The van der Waals surface area contributed by atoms with Crippen molar-refractivity contribution in [2.45, 2.75) is 33.1 Å². The van der Waals surface area contributed by atoms with Crippen LogP contribution < -0.4 is 10.2 Å². The molecule has 0 saturated carbocycles. The number of nitrogens with zero attached hydrogens (tertiary/aromatic N) is 4. The number of amides is 1. The van der Waals surface area contributed by atoms with Gasteiger partial charge in [0, 0.05) is 44.4 Å². The van der Waals surface area contributed by atoms with Gasteiger partial charge >= 0.3 is 0 Å². The molecule has 3 rings (SSSR count). The zero-order chi connectivity index (χ0) is 19.8. The molecule has 1 fully saturated rings. The van der Waals surface area contributed by atoms with E-state index in [0.717, 1.165) is 63.4 Å². The van der Waals surface area contributed by atoms with Crippen LogP contribution in [0.2, 0.25) is 0 Å². The summed E-state index contributed by atoms with van der Waals surface area (Å²) in [5.74, 6) is 1.32. The van der Waals surface area contributed by atoms with Gasteiger partial charge < -0.3 is 15.1 Å². The number of nitrogens with one attached hydrogen (secondary N) is 1. The maximum Gasteiger partial charge on any atom is 0.270 e. The van der Waals surface area contributed by atoms with E-state index < -0.39 is 0 Å². The standard InChI is InChI=1S/C22H31N5O/c1-3-5-9-12-23-22(28)19-17-20(27-15-13-26(4-2)14-16-27)25-21(24-19)18-10-7-6-8-11-18/h6-8,10-11,17H,3-5,9,12-16H2,1-2H3,(H,23,28). The van der Waals surface area contributed by atoms with E-state index in [4.69, 9.17) is 4.98 Å². The molecule has 1 N–H and O–H groups in total. The molecule has 0 unspecified atom stereocenters. The number of piperazine rings is 1. The van der Waals surface area contributed by atoms with Gasteiger partial charge in [-0.05, 0) is 13.0 Å². The van der Waals surface area contributed by atoms with Gasteiger partial charge in [0.25, 0.3) is 5.91 Å². The van der Waals surface area contributed by atoms with Crippen molar-refractivity contribution in [1.29, 1.82) is 0 Å². The fraction of sp³-hybridized carbons (Fsp3) is 0.500. The molecule has 1 aromatic carbocycles. The van der Waals surface area contributed by atoms with Crippen LogP contribution >= 0.6 is 0 Å². The zero-order valence-corrected chi connectivity index (χ0v) is 17.0. The van der Waals surface area contributed by atoms with Crippen LogP contribution in [-0.2, 0) is 0 Å². The molecule has 1 saturated heterocycles. The molecule has 150 valence electrons. The van der Waals surface area contributed by atoms with Gasteiger partial charge in [-0.3, -0.25) is 4.79 Å². The number of benzene rings is 1. The number of rotatable bonds is 8. The summed E-state index contributed by atoms with van der Waals surface area (Å²) in [6.45, 7) is 9.95. The highest BCUT2D eigenvalue weighted by molar-refractivity contribution is 5.93. The van der Waals surface area contributed by atoms with E-state index in [1.807, 2.05) is 36.4 Å². The molecule has 1 amide bonds. The fourth-order valence-electron chi connectivity index (χ4n) is 3.39. The molecule has 2 aromatic rings. The minimum atomic E-state index is -0.121. The van der Waals surface area contributed by atoms with Crippen LogP contribution in [-0.4, -0.2) is 60.0 Å². The Morgan fingerprint density at radius 2 is 1.79 bits per heavy atom. The number of unbranched alkanes of at least 4 members (excludes halogenated alkanes) is 2. The van der Waals surface area contributed by atoms with E-state index in [9.17, 15) is 4.79 Å². The summed E-state index contributed by atoms with van der Waals surface area (Å²) in [6, 6.07) is 11.7. The normalized spacial score (nSPS) is 14.9. The van der Waals surface area contributed by atoms with Gasteiger partial charge in [-0.15, -0.1) is 0 Å². The summed E-state index contributed by atoms with van der Waals surface area (Å²) >= 11 is 0. The smallest absolute Gasteiger partial charge is 0.270 e. The third-order valence-electron chi connectivity index (χ3n) is 5.19. The van der Waals surface area contributed by atoms with Gasteiger partial charge in [0.1, 0.15) is 11.5 Å². The lowest BCUT2D eigenvalue weighted by Gasteiger charge is -2.34. The lowest BCUT2D eigenvalue weighted by atomic mass is 10.2. The van der Waals surface area contributed by atoms with Crippen molar-refractivity contribution in [3.05, 3.63) is 42.1 Å². The minimum Gasteiger partial charge on any atom is -0.354 e. The van der Waals surface area contributed by atoms with Crippen LogP contribution in [0.5, 0.6) is 0 Å². The highest BCUT2D eigenvalue weighted by atomic mass is 16.1. The average Bonchev–Trinajstić information content (AvgIpc) is 2.77. The molecule has 0 atom stereocenters. The van der Waals surface area contributed by atoms with Crippen molar-refractivity contribution in [1.82, 2.24) is 20.2 Å². The van der Waals surface area contributed by atoms with Gasteiger partial charge in [-0.2, -0.15) is 0 Å². The lowest BCUT2D eigenvalue weighted by Crippen LogP contribution is -2.46. The van der Waals surface area contributed by atoms with Gasteiger partial charge in [-0.25, -0.2) is 9.97 Å². The zero-order valence-electron chi connectivity index (χ0n) is 17.0. The molecule has 6 nitrogen and oxygen atoms in total. The Balaban J connectivity index is 1.83. The highest BCUT2D eigenvalue weighted by Gasteiger charge is 2.20. The third kappa shape index (κ3) is 5.29. The van der Waals surface area contributed by atoms with E-state index in [1.165, 1.54) is 0 Å². The number of carbonyl (C=O) groups excluding carboxylic acids is 1. The summed E-state index contributed by atoms with van der Waals surface area (Å²) in [6.07, 6.45) is 3.24. The summed E-state index contributed by atoms with van der Waals surface area (Å²) in [5, 5.41) is 3.00. The Hall–Kier alpha value is -2.47. The summed E-state index contributed by atoms with van der Waals surface area (Å²) in [5.41, 5.74) is 1.37. The molecule has 2 heterocycles. The van der Waals surface area contributed by atoms with Crippen LogP contribution in [0.3, 0.4) is 0 Å². The van der Waals surface area contributed by atoms with Crippen LogP contribution in [0.4, 0.5) is 5.82 Å². The summed E-state index contributed by atoms with van der Waals surface area (Å²) in [4.78, 5) is 26.7. The molecule has 1 aromatic heterocycles. The predicted octanol–water partition coefficient (Wildman–Crippen LogP) is 3.21. The first-order chi connectivity index (χ1) is 13.7. The van der Waals surface area contributed by atoms with E-state index in [-0.39, 0.29) is 5.91 Å². The van der Waals surface area contributed by atoms with Crippen LogP contribution in [0.1, 0.15) is 43.6 Å². The van der Waals surface area contributed by atoms with E-state index >= 15 is 0 Å². The molecule has 28 heavy (non-hydrogen) atoms. The Morgan fingerprint density at radius 1 is 1.04 bits per heavy atom. The quantitative estimate of drug-likeness (QED) is 0.712. The summed E-state index contributed by atoms with van der Waals surface area (Å²) < 4.78 is 0. The van der Waals surface area contributed by atoms with Crippen molar-refractivity contribution in [3.63, 3.8) is 0 Å². The number of hydrogen-bond acceptors (Lipinski definition) is 5. The van der Waals surface area contributed by atoms with Crippen LogP contribution in [0.15, 0.2) is 36.4 Å². The first-order valence-electron chi connectivity index (χ1n) is 10.4. The Morgan fingerprint density at radius 3 is 2.46 bits per heavy atom. The van der Waals surface area contributed by atoms with E-state index in [0.29, 0.717) is 18.1 Å². The maximum atomic E-state index is 12.7. The fourth-order valence-corrected chi connectivity index (χ4v) is 3.39. The second-order valence-electron chi connectivity index (χ2n) is 7.19. The molecule has 0 spiro atoms. The van der Waals surface area contributed by atoms with Crippen molar-refractivity contribution in [2.75, 3.05) is 44.2 Å². The molecule has 0 bridgehead atoms. The number of hydrogen-bond donors (Lipinski definition) is 1. The van der Waals surface area contributed by atoms with Gasteiger partial charge in [0.15, 0.2) is 5.82 Å². The maximum absolute atomic E-state index is 12.7. The van der Waals surface area contributed by atoms with Crippen molar-refractivity contribution in [3.8, 4) is 11.4 Å². The monoisotopic (exact) mass is 381 g/mol. The molecule has 0 aliphatic carbocycles. The Labute approximate surface area is 168 Å². The second kappa shape index (κ2) is 10.2. The summed E-state index contributed by atoms with van der Waals surface area (Å²) in [7, 11) is 0. The Kier molecular flexibility index (Phi) is 7.37. The molecule has 1 aliphatic heterocycles. The van der Waals surface area contributed by atoms with Crippen molar-refractivity contribution < 1.29 is 4.79 Å². The molecule has 6 heteroatoms. The van der Waals surface area contributed by atoms with Gasteiger partial charge in [-0.1, -0.05) is 57.0 Å². The van der Waals surface area contributed by atoms with E-state index in [2.05, 4.69) is 33.9 Å². The van der Waals surface area contributed by atoms with Gasteiger partial charge in [0.05, 0.1) is 0 Å². The largest absolute Gasteiger partial charge is 0.354 e. The lowest BCUT2D eigenvalue weighted by molar-refractivity contribution is 0.0948. The minimum absolute atomic E-state index is 0.121. The second-order valence-corrected chi connectivity index (χ2v) is 7.19. The van der Waals surface area contributed by atoms with Crippen molar-refractivity contribution in [2.24, 2.45) is 0 Å². The van der Waals surface area contributed by atoms with Gasteiger partial charge in [0.2, 0.25) is 0 Å². The third-order valence-corrected chi connectivity index (χ3v) is 5.19. The topological polar surface area (TPSA) is 61.4 Å². The number of aromatic nitrogens is 2. The molecular formula is C22H31N5O. The highest BCUT2D eigenvalue weighted by Crippen LogP contribution is 2.21. The Bertz CT molecular complexity index is 757.